The number of halogens is 1. The predicted octanol–water partition coefficient (Wildman–Crippen LogP) is 1.86. The van der Waals surface area contributed by atoms with E-state index in [2.05, 4.69) is 40.0 Å². The van der Waals surface area contributed by atoms with Gasteiger partial charge in [0.05, 0.1) is 4.32 Å². The number of hydrogen-bond acceptors (Lipinski definition) is 2. The third-order valence-electron chi connectivity index (χ3n) is 2.01. The summed E-state index contributed by atoms with van der Waals surface area (Å²) in [6, 6.07) is 0. The third kappa shape index (κ3) is 6.90. The Morgan fingerprint density at radius 3 is 2.07 bits per heavy atom. The molecule has 0 fully saturated rings. The van der Waals surface area contributed by atoms with Crippen LogP contribution in [-0.4, -0.2) is 42.3 Å². The Bertz CT molecular complexity index is 219. The lowest BCUT2D eigenvalue weighted by molar-refractivity contribution is -0.123. The maximum atomic E-state index is 11.6. The molecule has 0 heterocycles. The lowest BCUT2D eigenvalue weighted by atomic mass is 9.92. The fraction of sp³-hybridized carbons (Fsp3) is 0.909. The van der Waals surface area contributed by atoms with Gasteiger partial charge in [-0.2, -0.15) is 0 Å². The number of carbonyl (C=O) groups is 1. The van der Waals surface area contributed by atoms with Gasteiger partial charge in [0.2, 0.25) is 5.91 Å². The summed E-state index contributed by atoms with van der Waals surface area (Å²) in [6.45, 7) is 9.64. The van der Waals surface area contributed by atoms with Gasteiger partial charge >= 0.3 is 0 Å². The van der Waals surface area contributed by atoms with Crippen LogP contribution in [0.5, 0.6) is 0 Å². The molecule has 0 aromatic heterocycles. The minimum atomic E-state index is -0.485. The van der Waals surface area contributed by atoms with E-state index in [1.54, 1.807) is 0 Å². The van der Waals surface area contributed by atoms with Crippen LogP contribution < -0.4 is 5.32 Å². The quantitative estimate of drug-likeness (QED) is 0.779. The van der Waals surface area contributed by atoms with Crippen molar-refractivity contribution in [2.75, 3.05) is 27.2 Å². The molecule has 0 aromatic carbocycles. The minimum Gasteiger partial charge on any atom is -0.354 e. The van der Waals surface area contributed by atoms with Crippen LogP contribution in [0.4, 0.5) is 0 Å². The average molecular weight is 279 g/mol. The summed E-state index contributed by atoms with van der Waals surface area (Å²) in [7, 11) is 4.08. The van der Waals surface area contributed by atoms with Crippen molar-refractivity contribution in [3.05, 3.63) is 0 Å². The van der Waals surface area contributed by atoms with Crippen molar-refractivity contribution in [3.63, 3.8) is 0 Å². The Labute approximate surface area is 102 Å². The molecule has 0 spiro atoms. The van der Waals surface area contributed by atoms with E-state index in [4.69, 9.17) is 0 Å². The molecule has 4 heteroatoms. The van der Waals surface area contributed by atoms with E-state index in [-0.39, 0.29) is 11.3 Å². The van der Waals surface area contributed by atoms with Gasteiger partial charge in [0.25, 0.3) is 0 Å². The number of rotatable bonds is 5. The third-order valence-corrected chi connectivity index (χ3v) is 2.37. The van der Waals surface area contributed by atoms with Gasteiger partial charge in [0.15, 0.2) is 0 Å². The Morgan fingerprint density at radius 1 is 1.27 bits per heavy atom. The molecule has 0 bridgehead atoms. The lowest BCUT2D eigenvalue weighted by Gasteiger charge is -2.29. The monoisotopic (exact) mass is 278 g/mol. The molecule has 0 aliphatic rings. The first kappa shape index (κ1) is 14.9. The second-order valence-corrected chi connectivity index (χ2v) is 7.54. The molecule has 1 N–H and O–H groups in total. The number of nitrogens with zero attached hydrogens (tertiary/aromatic N) is 1. The molecular formula is C11H23BrN2O. The van der Waals surface area contributed by atoms with E-state index in [1.807, 2.05) is 27.9 Å². The van der Waals surface area contributed by atoms with Gasteiger partial charge in [-0.3, -0.25) is 4.79 Å². The SMILES string of the molecule is CN(C)CC(C)(C)CNC(=O)C(C)(C)Br. The fourth-order valence-corrected chi connectivity index (χ4v) is 1.58. The summed E-state index contributed by atoms with van der Waals surface area (Å²) in [6.07, 6.45) is 0. The first-order chi connectivity index (χ1) is 6.54. The van der Waals surface area contributed by atoms with Crippen molar-refractivity contribution in [2.24, 2.45) is 5.41 Å². The molecule has 90 valence electrons. The largest absolute Gasteiger partial charge is 0.354 e. The summed E-state index contributed by atoms with van der Waals surface area (Å²) in [5, 5.41) is 2.96. The molecule has 0 aliphatic heterocycles. The molecule has 0 aliphatic carbocycles. The first-order valence-corrected chi connectivity index (χ1v) is 5.96. The van der Waals surface area contributed by atoms with Gasteiger partial charge in [-0.25, -0.2) is 0 Å². The zero-order chi connectivity index (χ0) is 12.3. The van der Waals surface area contributed by atoms with Crippen molar-refractivity contribution in [1.82, 2.24) is 10.2 Å². The van der Waals surface area contributed by atoms with E-state index in [0.717, 1.165) is 6.54 Å². The molecule has 0 rings (SSSR count). The van der Waals surface area contributed by atoms with Crippen molar-refractivity contribution >= 4 is 21.8 Å². The standard InChI is InChI=1S/C11H23BrN2O/c1-10(2,8-14(5)6)7-13-9(15)11(3,4)12/h7-8H2,1-6H3,(H,13,15). The van der Waals surface area contributed by atoms with Crippen LogP contribution in [0.15, 0.2) is 0 Å². The van der Waals surface area contributed by atoms with Crippen LogP contribution in [0.1, 0.15) is 27.7 Å². The van der Waals surface area contributed by atoms with Crippen molar-refractivity contribution in [1.29, 1.82) is 0 Å². The second-order valence-electron chi connectivity index (χ2n) is 5.56. The number of nitrogens with one attached hydrogen (secondary N) is 1. The van der Waals surface area contributed by atoms with E-state index in [1.165, 1.54) is 0 Å². The van der Waals surface area contributed by atoms with Crippen LogP contribution in [0.3, 0.4) is 0 Å². The van der Waals surface area contributed by atoms with Gasteiger partial charge in [0.1, 0.15) is 0 Å². The number of hydrogen-bond donors (Lipinski definition) is 1. The van der Waals surface area contributed by atoms with Crippen LogP contribution in [0.25, 0.3) is 0 Å². The maximum absolute atomic E-state index is 11.6. The molecule has 3 nitrogen and oxygen atoms in total. The predicted molar refractivity (Wildman–Crippen MR) is 68.4 cm³/mol. The summed E-state index contributed by atoms with van der Waals surface area (Å²) in [5.74, 6) is 0.0364. The first-order valence-electron chi connectivity index (χ1n) is 5.16. The zero-order valence-corrected chi connectivity index (χ0v) is 12.2. The Kier molecular flexibility index (Phi) is 5.27. The fourth-order valence-electron chi connectivity index (χ4n) is 1.44. The van der Waals surface area contributed by atoms with Crippen LogP contribution in [0.2, 0.25) is 0 Å². The molecule has 15 heavy (non-hydrogen) atoms. The highest BCUT2D eigenvalue weighted by Gasteiger charge is 2.26. The highest BCUT2D eigenvalue weighted by molar-refractivity contribution is 9.10. The normalized spacial score (nSPS) is 13.1. The van der Waals surface area contributed by atoms with Gasteiger partial charge in [-0.05, 0) is 33.4 Å². The number of amides is 1. The Morgan fingerprint density at radius 2 is 1.73 bits per heavy atom. The molecule has 1 amide bonds. The molecular weight excluding hydrogens is 256 g/mol. The topological polar surface area (TPSA) is 32.3 Å². The summed E-state index contributed by atoms with van der Waals surface area (Å²) in [5.41, 5.74) is 0.0947. The smallest absolute Gasteiger partial charge is 0.236 e. The summed E-state index contributed by atoms with van der Waals surface area (Å²) < 4.78 is -0.485. The van der Waals surface area contributed by atoms with Crippen LogP contribution >= 0.6 is 15.9 Å². The average Bonchev–Trinajstić information content (AvgIpc) is 1.95. The highest BCUT2D eigenvalue weighted by atomic mass is 79.9. The lowest BCUT2D eigenvalue weighted by Crippen LogP contribution is -2.44. The minimum absolute atomic E-state index is 0.0364. The van der Waals surface area contributed by atoms with Gasteiger partial charge < -0.3 is 10.2 Å². The summed E-state index contributed by atoms with van der Waals surface area (Å²) in [4.78, 5) is 13.8. The molecule has 0 unspecified atom stereocenters. The molecule has 0 atom stereocenters. The molecule has 0 radical (unpaired) electrons. The maximum Gasteiger partial charge on any atom is 0.236 e. The van der Waals surface area contributed by atoms with Crippen molar-refractivity contribution < 1.29 is 4.79 Å². The van der Waals surface area contributed by atoms with Crippen molar-refractivity contribution in [3.8, 4) is 0 Å². The zero-order valence-electron chi connectivity index (χ0n) is 10.6. The van der Waals surface area contributed by atoms with Crippen molar-refractivity contribution in [2.45, 2.75) is 32.0 Å². The number of carbonyl (C=O) groups excluding carboxylic acids is 1. The van der Waals surface area contributed by atoms with Gasteiger partial charge in [-0.1, -0.05) is 29.8 Å². The Hall–Kier alpha value is -0.0900. The number of alkyl halides is 1. The molecule has 0 saturated heterocycles. The summed E-state index contributed by atoms with van der Waals surface area (Å²) >= 11 is 3.34. The highest BCUT2D eigenvalue weighted by Crippen LogP contribution is 2.18. The molecule has 0 saturated carbocycles. The van der Waals surface area contributed by atoms with E-state index < -0.39 is 4.32 Å². The van der Waals surface area contributed by atoms with Crippen LogP contribution in [-0.2, 0) is 4.79 Å². The second kappa shape index (κ2) is 5.30. The molecule has 0 aromatic rings. The van der Waals surface area contributed by atoms with Gasteiger partial charge in [-0.15, -0.1) is 0 Å². The van der Waals surface area contributed by atoms with E-state index in [0.29, 0.717) is 6.54 Å². The van der Waals surface area contributed by atoms with E-state index in [9.17, 15) is 4.79 Å². The van der Waals surface area contributed by atoms with Gasteiger partial charge in [0, 0.05) is 13.1 Å². The Balaban J connectivity index is 4.10. The van der Waals surface area contributed by atoms with E-state index >= 15 is 0 Å². The van der Waals surface area contributed by atoms with Crippen LogP contribution in [0, 0.1) is 5.41 Å².